The van der Waals surface area contributed by atoms with E-state index in [0.717, 1.165) is 65.5 Å². The van der Waals surface area contributed by atoms with Gasteiger partial charge in [0, 0.05) is 71.5 Å². The standard InChI is InChI=1S/C32H34FN5/c1-4-20(19-13-18(3)16-34-17-19)29(33)28-21(5-2)22-15-26(22)37-31(28)30-24-14-23(24)27-25(36-30)9-10-35-32(27)38-11-7-6-8-12-38/h4-5,9-10,13,16-17,22-23,26,36H,6-8,11-12,14-15H2,1-3H3/b20-4+,21-5-,29-28-/t22?,23?,26-/m1/s1. The Morgan fingerprint density at radius 3 is 2.76 bits per heavy atom. The Bertz CT molecular complexity index is 1490. The van der Waals surface area contributed by atoms with Crippen molar-refractivity contribution in [3.05, 3.63) is 87.8 Å². The predicted molar refractivity (Wildman–Crippen MR) is 152 cm³/mol. The third-order valence-electron chi connectivity index (χ3n) is 8.69. The van der Waals surface area contributed by atoms with Gasteiger partial charge in [0.25, 0.3) is 0 Å². The van der Waals surface area contributed by atoms with Crippen molar-refractivity contribution in [1.82, 2.24) is 9.97 Å². The molecule has 6 heteroatoms. The number of hydrogen-bond acceptors (Lipinski definition) is 5. The quantitative estimate of drug-likeness (QED) is 0.481. The topological polar surface area (TPSA) is 53.4 Å². The molecule has 0 amide bonds. The second-order valence-electron chi connectivity index (χ2n) is 11.2. The van der Waals surface area contributed by atoms with E-state index in [0.29, 0.717) is 23.0 Å². The summed E-state index contributed by atoms with van der Waals surface area (Å²) in [4.78, 5) is 16.8. The van der Waals surface area contributed by atoms with Gasteiger partial charge in [-0.05, 0) is 81.7 Å². The molecule has 0 bridgehead atoms. The van der Waals surface area contributed by atoms with Crippen molar-refractivity contribution >= 4 is 22.8 Å². The second-order valence-corrected chi connectivity index (χ2v) is 11.2. The van der Waals surface area contributed by atoms with Crippen molar-refractivity contribution in [3.63, 3.8) is 0 Å². The molecule has 1 N–H and O–H groups in total. The van der Waals surface area contributed by atoms with Crippen molar-refractivity contribution in [2.75, 3.05) is 23.3 Å². The van der Waals surface area contributed by atoms with Crippen molar-refractivity contribution in [2.24, 2.45) is 10.9 Å². The molecule has 0 radical (unpaired) electrons. The number of piperidine rings is 1. The lowest BCUT2D eigenvalue weighted by Crippen LogP contribution is -2.31. The number of allylic oxidation sites excluding steroid dienone is 6. The van der Waals surface area contributed by atoms with Crippen LogP contribution in [0.15, 0.2) is 76.1 Å². The van der Waals surface area contributed by atoms with E-state index in [4.69, 9.17) is 9.98 Å². The smallest absolute Gasteiger partial charge is 0.140 e. The third-order valence-corrected chi connectivity index (χ3v) is 8.69. The highest BCUT2D eigenvalue weighted by Crippen LogP contribution is 2.59. The van der Waals surface area contributed by atoms with Gasteiger partial charge in [-0.15, -0.1) is 0 Å². The number of nitrogens with one attached hydrogen (secondary N) is 1. The van der Waals surface area contributed by atoms with E-state index in [9.17, 15) is 0 Å². The minimum atomic E-state index is -0.210. The zero-order chi connectivity index (χ0) is 26.0. The van der Waals surface area contributed by atoms with E-state index in [2.05, 4.69) is 27.3 Å². The Balaban J connectivity index is 1.33. The summed E-state index contributed by atoms with van der Waals surface area (Å²) >= 11 is 0. The normalized spacial score (nSPS) is 28.3. The Hall–Kier alpha value is -3.54. The van der Waals surface area contributed by atoms with Crippen molar-refractivity contribution in [3.8, 4) is 0 Å². The van der Waals surface area contributed by atoms with Gasteiger partial charge in [0.2, 0.25) is 0 Å². The molecule has 3 aliphatic heterocycles. The molecular weight excluding hydrogens is 473 g/mol. The van der Waals surface area contributed by atoms with Gasteiger partial charge in [-0.2, -0.15) is 0 Å². The largest absolute Gasteiger partial charge is 0.356 e. The van der Waals surface area contributed by atoms with Crippen LogP contribution in [-0.2, 0) is 0 Å². The van der Waals surface area contributed by atoms with Crippen LogP contribution >= 0.6 is 0 Å². The molecule has 0 spiro atoms. The molecule has 3 fully saturated rings. The summed E-state index contributed by atoms with van der Waals surface area (Å²) in [6.07, 6.45) is 15.1. The van der Waals surface area contributed by atoms with E-state index in [1.807, 2.05) is 39.1 Å². The first kappa shape index (κ1) is 23.6. The fraction of sp³-hybridized carbons (Fsp3) is 0.406. The van der Waals surface area contributed by atoms with Crippen LogP contribution in [0.25, 0.3) is 5.57 Å². The number of anilines is 2. The highest BCUT2D eigenvalue weighted by molar-refractivity contribution is 6.20. The van der Waals surface area contributed by atoms with E-state index >= 15 is 4.39 Å². The molecule has 194 valence electrons. The molecule has 2 aromatic rings. The van der Waals surface area contributed by atoms with E-state index in [1.165, 1.54) is 30.4 Å². The van der Waals surface area contributed by atoms with E-state index < -0.39 is 0 Å². The Labute approximate surface area is 224 Å². The summed E-state index contributed by atoms with van der Waals surface area (Å²) in [6, 6.07) is 4.32. The lowest BCUT2D eigenvalue weighted by atomic mass is 9.87. The molecule has 2 saturated carbocycles. The molecule has 7 rings (SSSR count). The Morgan fingerprint density at radius 1 is 1.16 bits per heavy atom. The van der Waals surface area contributed by atoms with Gasteiger partial charge in [-0.25, -0.2) is 9.37 Å². The third kappa shape index (κ3) is 3.76. The lowest BCUT2D eigenvalue weighted by molar-refractivity contribution is 0.572. The first-order valence-electron chi connectivity index (χ1n) is 14.1. The SMILES string of the molecule is C\C=C1/C(=C(F)\C(=C\C)c2cncc(C)c2)C(C2=C3CC3c3c(ccnc3N3CCCCC3)N2)=N[C@@H]2CC12. The van der Waals surface area contributed by atoms with Crippen molar-refractivity contribution in [1.29, 1.82) is 0 Å². The van der Waals surface area contributed by atoms with Crippen LogP contribution in [0.1, 0.15) is 68.6 Å². The fourth-order valence-corrected chi connectivity index (χ4v) is 6.66. The highest BCUT2D eigenvalue weighted by atomic mass is 19.1. The molecular formula is C32H34FN5. The summed E-state index contributed by atoms with van der Waals surface area (Å²) in [6.45, 7) is 8.06. The zero-order valence-corrected chi connectivity index (χ0v) is 22.4. The molecule has 2 aromatic heterocycles. The summed E-state index contributed by atoms with van der Waals surface area (Å²) in [5.41, 5.74) is 9.65. The average molecular weight is 508 g/mol. The maximum Gasteiger partial charge on any atom is 0.140 e. The van der Waals surface area contributed by atoms with Gasteiger partial charge >= 0.3 is 0 Å². The van der Waals surface area contributed by atoms with E-state index in [1.54, 1.807) is 12.4 Å². The van der Waals surface area contributed by atoms with Crippen LogP contribution in [0.5, 0.6) is 0 Å². The minimum absolute atomic E-state index is 0.210. The number of halogens is 1. The molecule has 5 heterocycles. The predicted octanol–water partition coefficient (Wildman–Crippen LogP) is 7.06. The molecule has 38 heavy (non-hydrogen) atoms. The van der Waals surface area contributed by atoms with Crippen LogP contribution in [-0.4, -0.2) is 34.8 Å². The van der Waals surface area contributed by atoms with Crippen LogP contribution in [0.2, 0.25) is 0 Å². The molecule has 0 aromatic carbocycles. The molecule has 5 nitrogen and oxygen atoms in total. The lowest BCUT2D eigenvalue weighted by Gasteiger charge is -2.32. The number of fused-ring (bicyclic) bond motifs is 4. The summed E-state index contributed by atoms with van der Waals surface area (Å²) < 4.78 is 16.7. The number of nitrogens with zero attached hydrogens (tertiary/aromatic N) is 4. The van der Waals surface area contributed by atoms with Gasteiger partial charge in [-0.3, -0.25) is 9.98 Å². The van der Waals surface area contributed by atoms with Gasteiger partial charge in [0.15, 0.2) is 0 Å². The molecule has 2 aliphatic carbocycles. The first-order valence-corrected chi connectivity index (χ1v) is 14.1. The molecule has 2 unspecified atom stereocenters. The number of aliphatic imine (C=N–C) groups is 1. The number of hydrogen-bond donors (Lipinski definition) is 1. The van der Waals surface area contributed by atoms with Crippen LogP contribution in [0.4, 0.5) is 15.9 Å². The van der Waals surface area contributed by atoms with Crippen molar-refractivity contribution < 1.29 is 4.39 Å². The minimum Gasteiger partial charge on any atom is -0.356 e. The number of pyridine rings is 2. The number of aryl methyl sites for hydroxylation is 1. The van der Waals surface area contributed by atoms with Gasteiger partial charge in [-0.1, -0.05) is 12.2 Å². The number of aromatic nitrogens is 2. The van der Waals surface area contributed by atoms with E-state index in [-0.39, 0.29) is 11.9 Å². The monoisotopic (exact) mass is 507 g/mol. The first-order chi connectivity index (χ1) is 18.6. The van der Waals surface area contributed by atoms with Gasteiger partial charge in [0.1, 0.15) is 11.6 Å². The Morgan fingerprint density at radius 2 is 2.00 bits per heavy atom. The maximum atomic E-state index is 16.7. The van der Waals surface area contributed by atoms with Gasteiger partial charge in [0.05, 0.1) is 17.5 Å². The van der Waals surface area contributed by atoms with Crippen molar-refractivity contribution in [2.45, 2.75) is 64.8 Å². The molecule has 3 atom stereocenters. The maximum absolute atomic E-state index is 16.7. The zero-order valence-electron chi connectivity index (χ0n) is 22.4. The van der Waals surface area contributed by atoms with Gasteiger partial charge < -0.3 is 10.2 Å². The molecule has 1 saturated heterocycles. The van der Waals surface area contributed by atoms with Crippen LogP contribution in [0, 0.1) is 12.8 Å². The summed E-state index contributed by atoms with van der Waals surface area (Å²) in [7, 11) is 0. The summed E-state index contributed by atoms with van der Waals surface area (Å²) in [5, 5.41) is 3.73. The second kappa shape index (κ2) is 9.04. The van der Waals surface area contributed by atoms with Crippen LogP contribution < -0.4 is 10.2 Å². The summed E-state index contributed by atoms with van der Waals surface area (Å²) in [5.74, 6) is 1.57. The average Bonchev–Trinajstić information content (AvgIpc) is 3.87. The highest BCUT2D eigenvalue weighted by Gasteiger charge is 2.50. The Kier molecular flexibility index (Phi) is 5.60. The van der Waals surface area contributed by atoms with Crippen LogP contribution in [0.3, 0.4) is 0 Å². The number of rotatable bonds is 4. The fourth-order valence-electron chi connectivity index (χ4n) is 6.66. The molecule has 5 aliphatic rings.